The van der Waals surface area contributed by atoms with Crippen molar-refractivity contribution in [2.75, 3.05) is 5.32 Å². The van der Waals surface area contributed by atoms with Crippen LogP contribution < -0.4 is 10.1 Å². The number of anilines is 1. The van der Waals surface area contributed by atoms with Gasteiger partial charge >= 0.3 is 0 Å². The van der Waals surface area contributed by atoms with Crippen LogP contribution in [0.4, 0.5) is 5.69 Å². The fraction of sp³-hybridized carbons (Fsp3) is 0.0417. The molecule has 0 aliphatic carbocycles. The molecule has 3 aromatic carbocycles. The van der Waals surface area contributed by atoms with Crippen LogP contribution in [0.5, 0.6) is 5.75 Å². The van der Waals surface area contributed by atoms with Crippen LogP contribution in [0.3, 0.4) is 0 Å². The lowest BCUT2D eigenvalue weighted by Gasteiger charge is -2.05. The van der Waals surface area contributed by atoms with Gasteiger partial charge in [-0.05, 0) is 48.0 Å². The van der Waals surface area contributed by atoms with Gasteiger partial charge < -0.3 is 15.0 Å². The Hall–Kier alpha value is -4.37. The Bertz CT molecular complexity index is 1200. The number of rotatable bonds is 6. The van der Waals surface area contributed by atoms with E-state index in [4.69, 9.17) is 4.74 Å². The lowest BCUT2D eigenvalue weighted by atomic mass is 10.1. The van der Waals surface area contributed by atoms with Crippen LogP contribution in [0.25, 0.3) is 17.1 Å². The Kier molecular flexibility index (Phi) is 5.54. The van der Waals surface area contributed by atoms with Crippen LogP contribution in [-0.4, -0.2) is 15.9 Å². The molecule has 0 saturated carbocycles. The molecule has 0 fully saturated rings. The second kappa shape index (κ2) is 8.76. The molecule has 0 spiro atoms. The molecule has 4 aromatic rings. The Labute approximate surface area is 173 Å². The van der Waals surface area contributed by atoms with E-state index in [2.05, 4.69) is 15.3 Å². The number of carbonyl (C=O) groups excluding carboxylic acids is 1. The number of carbonyl (C=O) groups is 1. The third-order valence-corrected chi connectivity index (χ3v) is 4.40. The molecule has 0 bridgehead atoms. The van der Waals surface area contributed by atoms with E-state index in [0.717, 1.165) is 22.4 Å². The zero-order chi connectivity index (χ0) is 20.8. The molecule has 4 rings (SSSR count). The SMILES string of the molecule is N#C/C(=C\c1ccc(OCc2nc3ccccc3[nH]2)cc1)C(=O)Nc1ccccc1. The Balaban J connectivity index is 1.40. The zero-order valence-corrected chi connectivity index (χ0v) is 16.0. The van der Waals surface area contributed by atoms with Gasteiger partial charge in [-0.1, -0.05) is 42.5 Å². The van der Waals surface area contributed by atoms with Crippen molar-refractivity contribution in [3.05, 3.63) is 95.8 Å². The number of nitrogens with one attached hydrogen (secondary N) is 2. The quantitative estimate of drug-likeness (QED) is 0.367. The summed E-state index contributed by atoms with van der Waals surface area (Å²) in [7, 11) is 0. The van der Waals surface area contributed by atoms with Crippen molar-refractivity contribution in [3.8, 4) is 11.8 Å². The molecule has 0 aliphatic rings. The van der Waals surface area contributed by atoms with Crippen molar-refractivity contribution in [2.45, 2.75) is 6.61 Å². The first kappa shape index (κ1) is 19.0. The van der Waals surface area contributed by atoms with E-state index < -0.39 is 5.91 Å². The third-order valence-electron chi connectivity index (χ3n) is 4.40. The largest absolute Gasteiger partial charge is 0.486 e. The maximum absolute atomic E-state index is 12.3. The van der Waals surface area contributed by atoms with Gasteiger partial charge in [0.05, 0.1) is 11.0 Å². The maximum atomic E-state index is 12.3. The highest BCUT2D eigenvalue weighted by Crippen LogP contribution is 2.17. The molecule has 1 heterocycles. The average Bonchev–Trinajstić information content (AvgIpc) is 3.20. The van der Waals surface area contributed by atoms with Crippen LogP contribution >= 0.6 is 0 Å². The molecule has 0 unspecified atom stereocenters. The number of hydrogen-bond donors (Lipinski definition) is 2. The standard InChI is InChI=1S/C24H18N4O2/c25-15-18(24(29)26-19-6-2-1-3-7-19)14-17-10-12-20(13-11-17)30-16-23-27-21-8-4-5-9-22(21)28-23/h1-14H,16H2,(H,26,29)(H,27,28)/b18-14+. The summed E-state index contributed by atoms with van der Waals surface area (Å²) in [4.78, 5) is 20.0. The van der Waals surface area contributed by atoms with Crippen LogP contribution in [0.2, 0.25) is 0 Å². The van der Waals surface area contributed by atoms with Crippen molar-refractivity contribution in [3.63, 3.8) is 0 Å². The minimum Gasteiger partial charge on any atom is -0.486 e. The Morgan fingerprint density at radius 1 is 1.03 bits per heavy atom. The highest BCUT2D eigenvalue weighted by atomic mass is 16.5. The number of ether oxygens (including phenoxy) is 1. The van der Waals surface area contributed by atoms with E-state index in [0.29, 0.717) is 18.0 Å². The predicted molar refractivity (Wildman–Crippen MR) is 116 cm³/mol. The minimum atomic E-state index is -0.450. The van der Waals surface area contributed by atoms with Gasteiger partial charge in [0.2, 0.25) is 0 Å². The Morgan fingerprint density at radius 3 is 2.50 bits per heavy atom. The van der Waals surface area contributed by atoms with Gasteiger partial charge in [0, 0.05) is 5.69 Å². The molecule has 1 aromatic heterocycles. The van der Waals surface area contributed by atoms with Crippen molar-refractivity contribution in [1.82, 2.24) is 9.97 Å². The van der Waals surface area contributed by atoms with Crippen LogP contribution in [0.1, 0.15) is 11.4 Å². The average molecular weight is 394 g/mol. The summed E-state index contributed by atoms with van der Waals surface area (Å²) in [6.45, 7) is 0.312. The number of amides is 1. The molecule has 30 heavy (non-hydrogen) atoms. The summed E-state index contributed by atoms with van der Waals surface area (Å²) in [6.07, 6.45) is 1.54. The summed E-state index contributed by atoms with van der Waals surface area (Å²) in [6, 6.07) is 25.9. The van der Waals surface area contributed by atoms with Gasteiger partial charge in [-0.15, -0.1) is 0 Å². The molecule has 0 saturated heterocycles. The third kappa shape index (κ3) is 4.54. The normalized spacial score (nSPS) is 11.1. The lowest BCUT2D eigenvalue weighted by molar-refractivity contribution is -0.112. The number of nitriles is 1. The molecular formula is C24H18N4O2. The van der Waals surface area contributed by atoms with E-state index in [1.807, 2.05) is 48.5 Å². The van der Waals surface area contributed by atoms with Crippen molar-refractivity contribution >= 4 is 28.7 Å². The van der Waals surface area contributed by atoms with E-state index in [9.17, 15) is 10.1 Å². The number of H-pyrrole nitrogens is 1. The highest BCUT2D eigenvalue weighted by molar-refractivity contribution is 6.09. The second-order valence-electron chi connectivity index (χ2n) is 6.55. The van der Waals surface area contributed by atoms with Crippen LogP contribution in [0.15, 0.2) is 84.4 Å². The fourth-order valence-corrected chi connectivity index (χ4v) is 2.92. The number of fused-ring (bicyclic) bond motifs is 1. The van der Waals surface area contributed by atoms with E-state index in [1.54, 1.807) is 42.5 Å². The van der Waals surface area contributed by atoms with Crippen LogP contribution in [-0.2, 0) is 11.4 Å². The van der Waals surface area contributed by atoms with Gasteiger partial charge in [-0.25, -0.2) is 4.98 Å². The molecule has 6 heteroatoms. The molecule has 0 radical (unpaired) electrons. The smallest absolute Gasteiger partial charge is 0.266 e. The lowest BCUT2D eigenvalue weighted by Crippen LogP contribution is -2.13. The Morgan fingerprint density at radius 2 is 1.77 bits per heavy atom. The monoisotopic (exact) mass is 394 g/mol. The zero-order valence-electron chi connectivity index (χ0n) is 16.0. The summed E-state index contributed by atoms with van der Waals surface area (Å²) in [5, 5.41) is 12.1. The maximum Gasteiger partial charge on any atom is 0.266 e. The number of aromatic nitrogens is 2. The van der Waals surface area contributed by atoms with Gasteiger partial charge in [-0.2, -0.15) is 5.26 Å². The topological polar surface area (TPSA) is 90.8 Å². The molecular weight excluding hydrogens is 376 g/mol. The molecule has 0 atom stereocenters. The van der Waals surface area contributed by atoms with Crippen molar-refractivity contribution < 1.29 is 9.53 Å². The number of nitrogens with zero attached hydrogens (tertiary/aromatic N) is 2. The van der Waals surface area contributed by atoms with Gasteiger partial charge in [0.1, 0.15) is 29.8 Å². The van der Waals surface area contributed by atoms with Gasteiger partial charge in [-0.3, -0.25) is 4.79 Å². The summed E-state index contributed by atoms with van der Waals surface area (Å²) >= 11 is 0. The number of benzene rings is 3. The molecule has 1 amide bonds. The summed E-state index contributed by atoms with van der Waals surface area (Å²) < 4.78 is 5.78. The van der Waals surface area contributed by atoms with Gasteiger partial charge in [0.25, 0.3) is 5.91 Å². The first-order valence-corrected chi connectivity index (χ1v) is 9.36. The number of aromatic amines is 1. The second-order valence-corrected chi connectivity index (χ2v) is 6.55. The summed E-state index contributed by atoms with van der Waals surface area (Å²) in [5.41, 5.74) is 3.25. The van der Waals surface area contributed by atoms with E-state index >= 15 is 0 Å². The molecule has 2 N–H and O–H groups in total. The van der Waals surface area contributed by atoms with E-state index in [-0.39, 0.29) is 5.57 Å². The van der Waals surface area contributed by atoms with Crippen molar-refractivity contribution in [2.24, 2.45) is 0 Å². The van der Waals surface area contributed by atoms with Gasteiger partial charge in [0.15, 0.2) is 0 Å². The fourth-order valence-electron chi connectivity index (χ4n) is 2.92. The van der Waals surface area contributed by atoms with Crippen LogP contribution in [0, 0.1) is 11.3 Å². The highest BCUT2D eigenvalue weighted by Gasteiger charge is 2.09. The van der Waals surface area contributed by atoms with Crippen molar-refractivity contribution in [1.29, 1.82) is 5.26 Å². The minimum absolute atomic E-state index is 0.0230. The first-order chi connectivity index (χ1) is 14.7. The predicted octanol–water partition coefficient (Wildman–Crippen LogP) is 4.69. The molecule has 0 aliphatic heterocycles. The number of para-hydroxylation sites is 3. The molecule has 6 nitrogen and oxygen atoms in total. The summed E-state index contributed by atoms with van der Waals surface area (Å²) in [5.74, 6) is 0.957. The number of imidazole rings is 1. The number of hydrogen-bond acceptors (Lipinski definition) is 4. The first-order valence-electron chi connectivity index (χ1n) is 9.36. The molecule has 146 valence electrons. The van der Waals surface area contributed by atoms with E-state index in [1.165, 1.54) is 0 Å².